The van der Waals surface area contributed by atoms with Gasteiger partial charge in [0.15, 0.2) is 5.03 Å². The van der Waals surface area contributed by atoms with Gasteiger partial charge in [-0.3, -0.25) is 9.59 Å². The van der Waals surface area contributed by atoms with E-state index in [-0.39, 0.29) is 53.7 Å². The maximum absolute atomic E-state index is 13.7. The third-order valence-electron chi connectivity index (χ3n) is 9.63. The van der Waals surface area contributed by atoms with Gasteiger partial charge >= 0.3 is 7.12 Å². The van der Waals surface area contributed by atoms with Crippen LogP contribution in [-0.4, -0.2) is 54.0 Å². The number of aliphatic imine (C=N–C) groups is 1. The van der Waals surface area contributed by atoms with E-state index in [2.05, 4.69) is 58.8 Å². The third-order valence-corrected chi connectivity index (χ3v) is 9.63. The minimum atomic E-state index is -0.770. The molecule has 3 aliphatic carbocycles. The first-order valence-electron chi connectivity index (χ1n) is 15.5. The van der Waals surface area contributed by atoms with Crippen molar-refractivity contribution in [3.05, 3.63) is 10.1 Å². The first-order chi connectivity index (χ1) is 19.1. The van der Waals surface area contributed by atoms with Gasteiger partial charge in [0.05, 0.1) is 17.6 Å². The first kappa shape index (κ1) is 33.3. The third kappa shape index (κ3) is 8.43. The Balaban J connectivity index is 1.68. The zero-order valence-electron chi connectivity index (χ0n) is 26.1. The van der Waals surface area contributed by atoms with E-state index in [0.29, 0.717) is 49.4 Å². The van der Waals surface area contributed by atoms with Crippen LogP contribution in [0.2, 0.25) is 0 Å². The summed E-state index contributed by atoms with van der Waals surface area (Å²) in [4.78, 5) is 41.1. The van der Waals surface area contributed by atoms with Crippen LogP contribution in [0, 0.1) is 45.1 Å². The fourth-order valence-electron chi connectivity index (χ4n) is 7.19. The second-order valence-corrected chi connectivity index (χ2v) is 14.1. The molecule has 0 spiro atoms. The molecule has 1 saturated heterocycles. The number of rotatable bonds is 16. The Morgan fingerprint density at radius 3 is 2.44 bits per heavy atom. The number of ketones is 1. The van der Waals surface area contributed by atoms with E-state index in [1.54, 1.807) is 0 Å². The number of nitrogens with one attached hydrogen (secondary N) is 2. The minimum Gasteiger partial charge on any atom is -0.404 e. The molecule has 6 atom stereocenters. The number of nitro groups is 1. The summed E-state index contributed by atoms with van der Waals surface area (Å²) in [6.07, 6.45) is 6.07. The molecule has 12 heteroatoms. The maximum Gasteiger partial charge on any atom is 0.481 e. The molecule has 0 radical (unpaired) electrons. The SMILES string of the molecule is CC(C)CCCC(=O)C[C@@H](CCCN=C(N)N[N+](=O)[O-])C(=O)N[C@@H](CC(C)C)B1O[C@@H]2C[C@@H]3C[C@@H](C3(C)C)[C@]2(C)O1. The van der Waals surface area contributed by atoms with Crippen molar-refractivity contribution in [2.75, 3.05) is 6.54 Å². The summed E-state index contributed by atoms with van der Waals surface area (Å²) in [5, 5.41) is 13.0. The number of hydrogen-bond acceptors (Lipinski definition) is 7. The van der Waals surface area contributed by atoms with Crippen LogP contribution in [0.3, 0.4) is 0 Å². The number of hydrogen-bond donors (Lipinski definition) is 3. The monoisotopic (exact) mass is 577 g/mol. The molecule has 1 amide bonds. The van der Waals surface area contributed by atoms with Crippen molar-refractivity contribution in [2.24, 2.45) is 45.7 Å². The van der Waals surface area contributed by atoms with Crippen LogP contribution >= 0.6 is 0 Å². The normalized spacial score (nSPS) is 28.2. The van der Waals surface area contributed by atoms with Crippen molar-refractivity contribution in [1.82, 2.24) is 10.7 Å². The van der Waals surface area contributed by atoms with Gasteiger partial charge in [-0.25, -0.2) is 15.1 Å². The smallest absolute Gasteiger partial charge is 0.404 e. The Labute approximate surface area is 245 Å². The number of carbonyl (C=O) groups excluding carboxylic acids is 2. The molecule has 0 aromatic carbocycles. The molecule has 3 saturated carbocycles. The molecule has 41 heavy (non-hydrogen) atoms. The lowest BCUT2D eigenvalue weighted by Crippen LogP contribution is -2.65. The van der Waals surface area contributed by atoms with Crippen LogP contribution in [0.1, 0.15) is 106 Å². The number of carbonyl (C=O) groups is 2. The van der Waals surface area contributed by atoms with Crippen molar-refractivity contribution >= 4 is 24.8 Å². The molecule has 4 aliphatic rings. The van der Waals surface area contributed by atoms with Gasteiger partial charge in [-0.2, -0.15) is 0 Å². The zero-order valence-corrected chi connectivity index (χ0v) is 26.1. The van der Waals surface area contributed by atoms with Crippen LogP contribution in [0.4, 0.5) is 0 Å². The van der Waals surface area contributed by atoms with Crippen molar-refractivity contribution in [1.29, 1.82) is 0 Å². The molecule has 0 aromatic rings. The largest absolute Gasteiger partial charge is 0.481 e. The Bertz CT molecular complexity index is 975. The Morgan fingerprint density at radius 2 is 1.83 bits per heavy atom. The predicted molar refractivity (Wildman–Crippen MR) is 159 cm³/mol. The maximum atomic E-state index is 13.7. The van der Waals surface area contributed by atoms with E-state index in [9.17, 15) is 19.7 Å². The number of Topliss-reactive ketones (excluding diaryl/α,β-unsaturated/α-hetero) is 1. The molecule has 2 bridgehead atoms. The molecule has 11 nitrogen and oxygen atoms in total. The lowest BCUT2D eigenvalue weighted by molar-refractivity contribution is -0.525. The molecular formula is C29H52BN5O6. The van der Waals surface area contributed by atoms with Crippen LogP contribution in [0.5, 0.6) is 0 Å². The minimum absolute atomic E-state index is 0.0188. The Kier molecular flexibility index (Phi) is 11.2. The molecule has 0 aromatic heterocycles. The Morgan fingerprint density at radius 1 is 1.12 bits per heavy atom. The van der Waals surface area contributed by atoms with E-state index in [1.807, 2.05) is 5.43 Å². The fraction of sp³-hybridized carbons (Fsp3) is 0.897. The van der Waals surface area contributed by atoms with Gasteiger partial charge in [0.25, 0.3) is 5.96 Å². The van der Waals surface area contributed by atoms with Gasteiger partial charge < -0.3 is 20.4 Å². The molecular weight excluding hydrogens is 525 g/mol. The van der Waals surface area contributed by atoms with Crippen LogP contribution in [0.25, 0.3) is 0 Å². The van der Waals surface area contributed by atoms with Crippen molar-refractivity contribution < 1.29 is 23.9 Å². The second-order valence-electron chi connectivity index (χ2n) is 14.1. The van der Waals surface area contributed by atoms with Crippen molar-refractivity contribution in [3.63, 3.8) is 0 Å². The second kappa shape index (κ2) is 13.8. The average molecular weight is 578 g/mol. The first-order valence-corrected chi connectivity index (χ1v) is 15.5. The summed E-state index contributed by atoms with van der Waals surface area (Å²) in [5.41, 5.74) is 7.19. The van der Waals surface area contributed by atoms with E-state index < -0.39 is 18.1 Å². The summed E-state index contributed by atoms with van der Waals surface area (Å²) in [6.45, 7) is 15.5. The summed E-state index contributed by atoms with van der Waals surface area (Å²) in [6, 6.07) is 0. The standard InChI is InChI=1S/C29H52BN5O6/c1-18(2)10-8-12-22(36)15-20(11-9-13-32-27(31)34-35(38)39)26(37)33-25(14-19(3)4)30-40-24-17-21-16-23(28(21,5)6)29(24,7)41-30/h18-21,23-25H,8-17H2,1-7H3,(H,33,37)(H3,31,32,34)/t20-,21+,23+,24-,25+,29+/m1/s1. The number of nitrogens with zero attached hydrogens (tertiary/aromatic N) is 2. The van der Waals surface area contributed by atoms with Gasteiger partial charge in [-0.1, -0.05) is 53.4 Å². The van der Waals surface area contributed by atoms with E-state index in [4.69, 9.17) is 15.0 Å². The quantitative estimate of drug-likeness (QED) is 0.0619. The van der Waals surface area contributed by atoms with E-state index in [0.717, 1.165) is 25.7 Å². The zero-order chi connectivity index (χ0) is 30.5. The van der Waals surface area contributed by atoms with E-state index in [1.165, 1.54) is 0 Å². The number of hydrazine groups is 1. The molecule has 0 unspecified atom stereocenters. The van der Waals surface area contributed by atoms with Gasteiger partial charge in [0.1, 0.15) is 5.78 Å². The molecule has 4 N–H and O–H groups in total. The van der Waals surface area contributed by atoms with Crippen LogP contribution < -0.4 is 16.5 Å². The number of amides is 1. The van der Waals surface area contributed by atoms with Gasteiger partial charge in [-0.15, -0.1) is 0 Å². The highest BCUT2D eigenvalue weighted by Crippen LogP contribution is 2.65. The topological polar surface area (TPSA) is 158 Å². The molecule has 1 aliphatic heterocycles. The molecule has 232 valence electrons. The van der Waals surface area contributed by atoms with Crippen molar-refractivity contribution in [3.8, 4) is 0 Å². The van der Waals surface area contributed by atoms with E-state index >= 15 is 0 Å². The van der Waals surface area contributed by atoms with Gasteiger partial charge in [0.2, 0.25) is 5.91 Å². The van der Waals surface area contributed by atoms with Crippen molar-refractivity contribution in [2.45, 2.75) is 124 Å². The van der Waals surface area contributed by atoms with Crippen LogP contribution in [0.15, 0.2) is 4.99 Å². The molecule has 4 fully saturated rings. The summed E-state index contributed by atoms with van der Waals surface area (Å²) in [7, 11) is -0.536. The summed E-state index contributed by atoms with van der Waals surface area (Å²) in [5.74, 6) is 0.595. The number of nitrogens with two attached hydrogens (primary N) is 1. The van der Waals surface area contributed by atoms with Gasteiger partial charge in [-0.05, 0) is 74.5 Å². The van der Waals surface area contributed by atoms with Crippen LogP contribution in [-0.2, 0) is 18.9 Å². The highest BCUT2D eigenvalue weighted by atomic mass is 16.7. The average Bonchev–Trinajstić information content (AvgIpc) is 3.21. The predicted octanol–water partition coefficient (Wildman–Crippen LogP) is 4.06. The highest BCUT2D eigenvalue weighted by Gasteiger charge is 2.68. The molecule has 4 rings (SSSR count). The highest BCUT2D eigenvalue weighted by molar-refractivity contribution is 6.47. The summed E-state index contributed by atoms with van der Waals surface area (Å²) >= 11 is 0. The lowest BCUT2D eigenvalue weighted by Gasteiger charge is -2.64. The summed E-state index contributed by atoms with van der Waals surface area (Å²) < 4.78 is 13.2. The lowest BCUT2D eigenvalue weighted by atomic mass is 9.43. The Hall–Kier alpha value is -2.21. The van der Waals surface area contributed by atoms with Gasteiger partial charge in [0, 0.05) is 25.3 Å². The fourth-order valence-corrected chi connectivity index (χ4v) is 7.19. The number of guanidine groups is 1. The molecule has 1 heterocycles.